The molecule has 2 amide bonds. The number of para-hydroxylation sites is 1. The van der Waals surface area contributed by atoms with Crippen molar-refractivity contribution in [2.24, 2.45) is 5.92 Å². The lowest BCUT2D eigenvalue weighted by molar-refractivity contribution is -0.150. The number of carbonyl (C=O) groups is 3. The molecule has 2 saturated heterocycles. The monoisotopic (exact) mass is 686 g/mol. The van der Waals surface area contributed by atoms with Crippen molar-refractivity contribution in [2.45, 2.75) is 69.8 Å². The van der Waals surface area contributed by atoms with Crippen molar-refractivity contribution >= 4 is 34.8 Å². The number of benzene rings is 2. The molecule has 2 aromatic carbocycles. The van der Waals surface area contributed by atoms with Crippen LogP contribution in [0.1, 0.15) is 53.6 Å². The number of hydrogen-bond acceptors (Lipinski definition) is 7. The highest BCUT2D eigenvalue weighted by Gasteiger charge is 2.40. The van der Waals surface area contributed by atoms with Crippen LogP contribution in [0.3, 0.4) is 0 Å². The van der Waals surface area contributed by atoms with Crippen molar-refractivity contribution in [1.82, 2.24) is 14.7 Å². The van der Waals surface area contributed by atoms with Gasteiger partial charge in [0.2, 0.25) is 5.91 Å². The molecule has 3 aromatic rings. The van der Waals surface area contributed by atoms with Crippen molar-refractivity contribution in [3.8, 4) is 0 Å². The third-order valence-corrected chi connectivity index (χ3v) is 10.2. The topological polar surface area (TPSA) is 95.3 Å². The summed E-state index contributed by atoms with van der Waals surface area (Å²) < 4.78 is 66.1. The van der Waals surface area contributed by atoms with Crippen molar-refractivity contribution in [3.05, 3.63) is 65.2 Å². The Kier molecular flexibility index (Phi) is 10.7. The van der Waals surface area contributed by atoms with E-state index in [4.69, 9.17) is 9.15 Å². The van der Waals surface area contributed by atoms with Gasteiger partial charge in [-0.3, -0.25) is 19.4 Å². The Labute approximate surface area is 282 Å². The first-order chi connectivity index (χ1) is 23.5. The molecular formula is C36H42F4N4O5. The predicted octanol–water partition coefficient (Wildman–Crippen LogP) is 5.60. The molecule has 3 heterocycles. The number of halogens is 4. The van der Waals surface area contributed by atoms with Crippen LogP contribution < -0.4 is 5.32 Å². The first-order valence-corrected chi connectivity index (χ1v) is 16.9. The van der Waals surface area contributed by atoms with Gasteiger partial charge in [0.15, 0.2) is 0 Å². The third-order valence-electron chi connectivity index (χ3n) is 10.2. The van der Waals surface area contributed by atoms with E-state index in [1.165, 1.54) is 17.2 Å². The number of aryl methyl sites for hydroxylation is 1. The van der Waals surface area contributed by atoms with E-state index < -0.39 is 24.4 Å². The van der Waals surface area contributed by atoms with E-state index in [0.29, 0.717) is 54.8 Å². The highest BCUT2D eigenvalue weighted by molar-refractivity contribution is 6.12. The molecule has 0 unspecified atom stereocenters. The van der Waals surface area contributed by atoms with Crippen molar-refractivity contribution in [2.75, 3.05) is 51.2 Å². The number of nitrogens with one attached hydrogen (secondary N) is 1. The number of hydrogen-bond donors (Lipinski definition) is 1. The summed E-state index contributed by atoms with van der Waals surface area (Å²) in [5.41, 5.74) is 1.96. The number of nitrogens with zero attached hydrogens (tertiary/aromatic N) is 3. The number of fused-ring (bicyclic) bond motifs is 1. The van der Waals surface area contributed by atoms with Gasteiger partial charge in [-0.25, -0.2) is 4.39 Å². The Balaban J connectivity index is 1.12. The number of ether oxygens (including phenoxy) is 1. The summed E-state index contributed by atoms with van der Waals surface area (Å²) in [7, 11) is 0. The lowest BCUT2D eigenvalue weighted by Crippen LogP contribution is -2.52. The van der Waals surface area contributed by atoms with Crippen LogP contribution in [0.25, 0.3) is 11.0 Å². The van der Waals surface area contributed by atoms with Crippen LogP contribution >= 0.6 is 0 Å². The molecule has 2 atom stereocenters. The molecule has 0 radical (unpaired) electrons. The third kappa shape index (κ3) is 8.50. The zero-order chi connectivity index (χ0) is 34.7. The fraction of sp³-hybridized carbons (Fsp3) is 0.528. The Morgan fingerprint density at radius 2 is 1.80 bits per heavy atom. The maximum absolute atomic E-state index is 15.5. The van der Waals surface area contributed by atoms with Gasteiger partial charge >= 0.3 is 6.18 Å². The number of aldehydes is 1. The second-order valence-electron chi connectivity index (χ2n) is 13.6. The molecular weight excluding hydrogens is 644 g/mol. The summed E-state index contributed by atoms with van der Waals surface area (Å²) in [6.07, 6.45) is 1.55. The molecule has 1 aromatic heterocycles. The lowest BCUT2D eigenvalue weighted by Gasteiger charge is -2.38. The largest absolute Gasteiger partial charge is 0.463 e. The molecule has 3 fully saturated rings. The quantitative estimate of drug-likeness (QED) is 0.219. The zero-order valence-electron chi connectivity index (χ0n) is 27.5. The summed E-state index contributed by atoms with van der Waals surface area (Å²) in [5, 5.41) is 3.40. The minimum Gasteiger partial charge on any atom is -0.463 e. The van der Waals surface area contributed by atoms with Crippen LogP contribution in [0.5, 0.6) is 0 Å². The van der Waals surface area contributed by atoms with E-state index in [9.17, 15) is 27.6 Å². The van der Waals surface area contributed by atoms with E-state index in [-0.39, 0.29) is 60.8 Å². The number of likely N-dealkylation sites (tertiary alicyclic amines) is 1. The minimum absolute atomic E-state index is 0.0130. The molecule has 0 spiro atoms. The Hall–Kier alpha value is -3.81. The number of rotatable bonds is 10. The van der Waals surface area contributed by atoms with E-state index in [2.05, 4.69) is 10.2 Å². The highest BCUT2D eigenvalue weighted by Crippen LogP contribution is 2.30. The molecule has 2 aliphatic heterocycles. The van der Waals surface area contributed by atoms with E-state index in [1.807, 2.05) is 0 Å². The molecule has 1 saturated carbocycles. The van der Waals surface area contributed by atoms with Gasteiger partial charge in [-0.15, -0.1) is 0 Å². The smallest absolute Gasteiger partial charge is 0.401 e. The average Bonchev–Trinajstić information content (AvgIpc) is 3.71. The van der Waals surface area contributed by atoms with Gasteiger partial charge in [-0.1, -0.05) is 24.3 Å². The van der Waals surface area contributed by atoms with Crippen LogP contribution in [0.2, 0.25) is 0 Å². The second-order valence-corrected chi connectivity index (χ2v) is 13.6. The molecule has 6 rings (SSSR count). The van der Waals surface area contributed by atoms with E-state index in [0.717, 1.165) is 32.0 Å². The van der Waals surface area contributed by atoms with Crippen LogP contribution in [-0.2, 0) is 20.7 Å². The van der Waals surface area contributed by atoms with Gasteiger partial charge in [-0.05, 0) is 62.3 Å². The Morgan fingerprint density at radius 1 is 1.06 bits per heavy atom. The van der Waals surface area contributed by atoms with Gasteiger partial charge < -0.3 is 24.2 Å². The fourth-order valence-corrected chi connectivity index (χ4v) is 7.42. The van der Waals surface area contributed by atoms with Gasteiger partial charge in [0.25, 0.3) is 5.91 Å². The fourth-order valence-electron chi connectivity index (χ4n) is 7.42. The number of amides is 2. The number of furan rings is 1. The zero-order valence-corrected chi connectivity index (χ0v) is 27.5. The van der Waals surface area contributed by atoms with Crippen molar-refractivity contribution in [3.63, 3.8) is 0 Å². The van der Waals surface area contributed by atoms with Gasteiger partial charge in [-0.2, -0.15) is 13.2 Å². The molecule has 1 N–H and O–H groups in total. The molecule has 3 aliphatic rings. The van der Waals surface area contributed by atoms with Crippen LogP contribution in [-0.4, -0.2) is 103 Å². The minimum atomic E-state index is -4.25. The average molecular weight is 687 g/mol. The van der Waals surface area contributed by atoms with Crippen LogP contribution in [0.15, 0.2) is 47.1 Å². The molecule has 264 valence electrons. The normalized spacial score (nSPS) is 24.0. The summed E-state index contributed by atoms with van der Waals surface area (Å²) in [5.74, 6) is -1.28. The van der Waals surface area contributed by atoms with Gasteiger partial charge in [0.05, 0.1) is 37.3 Å². The number of piperazine rings is 1. The van der Waals surface area contributed by atoms with E-state index in [1.54, 1.807) is 42.2 Å². The SMILES string of the molecule is Cc1cc(CC(=O)N2C[C@@H](N3CCN(CC(F)(F)F)CC3)C[C@H]2COC2CCC(C=O)CC2)c(F)cc1NC(=O)c1coc2ccccc12. The highest BCUT2D eigenvalue weighted by atomic mass is 19.4. The number of alkyl halides is 3. The number of carbonyl (C=O) groups excluding carboxylic acids is 3. The summed E-state index contributed by atoms with van der Waals surface area (Å²) in [6.45, 7) is 2.96. The van der Waals surface area contributed by atoms with Gasteiger partial charge in [0, 0.05) is 55.8 Å². The molecule has 1 aliphatic carbocycles. The summed E-state index contributed by atoms with van der Waals surface area (Å²) >= 11 is 0. The molecule has 49 heavy (non-hydrogen) atoms. The van der Waals surface area contributed by atoms with Gasteiger partial charge in [0.1, 0.15) is 23.9 Å². The lowest BCUT2D eigenvalue weighted by atomic mass is 9.88. The van der Waals surface area contributed by atoms with Crippen molar-refractivity contribution < 1.29 is 41.1 Å². The summed E-state index contributed by atoms with van der Waals surface area (Å²) in [4.78, 5) is 43.3. The number of anilines is 1. The molecule has 9 nitrogen and oxygen atoms in total. The standard InChI is InChI=1S/C36H42F4N4O5/c1-23-14-25(31(37)17-32(23)41-35(47)30-21-49-33-5-3-2-4-29(30)33)15-34(46)44-18-26(43-12-10-42(11-13-43)22-36(38,39)40)16-27(44)20-48-28-8-6-24(19-45)7-9-28/h2-5,14,17,19,21,24,26-28H,6-13,15-16,18,20,22H2,1H3,(H,41,47)/t24?,26-,27-,28?/m0/s1. The van der Waals surface area contributed by atoms with Crippen molar-refractivity contribution in [1.29, 1.82) is 0 Å². The second kappa shape index (κ2) is 15.0. The molecule has 13 heteroatoms. The molecule has 0 bridgehead atoms. The summed E-state index contributed by atoms with van der Waals surface area (Å²) in [6, 6.07) is 9.58. The van der Waals surface area contributed by atoms with E-state index >= 15 is 4.39 Å². The Bertz CT molecular complexity index is 1650. The maximum atomic E-state index is 15.5. The van der Waals surface area contributed by atoms with Crippen LogP contribution in [0, 0.1) is 18.7 Å². The first kappa shape index (κ1) is 35.0. The predicted molar refractivity (Wildman–Crippen MR) is 175 cm³/mol. The van der Waals surface area contributed by atoms with Crippen LogP contribution in [0.4, 0.5) is 23.2 Å². The maximum Gasteiger partial charge on any atom is 0.401 e. The first-order valence-electron chi connectivity index (χ1n) is 16.9. The Morgan fingerprint density at radius 3 is 2.51 bits per heavy atom.